The van der Waals surface area contributed by atoms with Crippen molar-refractivity contribution >= 4 is 17.6 Å². The van der Waals surface area contributed by atoms with Gasteiger partial charge in [-0.1, -0.05) is 6.07 Å². The Balaban J connectivity index is 1.93. The molecule has 0 aliphatic carbocycles. The molecule has 0 saturated carbocycles. The highest BCUT2D eigenvalue weighted by atomic mass is 16.5. The first kappa shape index (κ1) is 19.2. The molecule has 2 rings (SSSR count). The van der Waals surface area contributed by atoms with E-state index in [0.29, 0.717) is 31.1 Å². The zero-order valence-corrected chi connectivity index (χ0v) is 15.5. The van der Waals surface area contributed by atoms with Crippen molar-refractivity contribution in [3.05, 3.63) is 23.8 Å². The zero-order chi connectivity index (χ0) is 18.4. The molecule has 1 heterocycles. The molecule has 1 atom stereocenters. The lowest BCUT2D eigenvalue weighted by atomic mass is 9.96. The van der Waals surface area contributed by atoms with E-state index in [9.17, 15) is 9.59 Å². The maximum atomic E-state index is 12.6. The largest absolute Gasteiger partial charge is 0.495 e. The van der Waals surface area contributed by atoms with Crippen LogP contribution in [0.1, 0.15) is 32.3 Å². The summed E-state index contributed by atoms with van der Waals surface area (Å²) < 4.78 is 10.4. The molecular formula is C19H28N2O4. The molecule has 0 aromatic heterocycles. The fourth-order valence-electron chi connectivity index (χ4n) is 3.11. The average molecular weight is 348 g/mol. The molecule has 1 fully saturated rings. The van der Waals surface area contributed by atoms with E-state index in [2.05, 4.69) is 10.2 Å². The van der Waals surface area contributed by atoms with Crippen molar-refractivity contribution in [2.45, 2.75) is 39.7 Å². The van der Waals surface area contributed by atoms with Crippen LogP contribution in [0.3, 0.4) is 0 Å². The summed E-state index contributed by atoms with van der Waals surface area (Å²) in [4.78, 5) is 26.5. The van der Waals surface area contributed by atoms with Crippen LogP contribution in [0.4, 0.5) is 5.69 Å². The number of hydrogen-bond acceptors (Lipinski definition) is 5. The lowest BCUT2D eigenvalue weighted by molar-refractivity contribution is -0.149. The number of aryl methyl sites for hydroxylation is 1. The lowest BCUT2D eigenvalue weighted by Crippen LogP contribution is -2.47. The van der Waals surface area contributed by atoms with Gasteiger partial charge in [0, 0.05) is 0 Å². The number of nitrogens with one attached hydrogen (secondary N) is 1. The third-order valence-corrected chi connectivity index (χ3v) is 4.69. The van der Waals surface area contributed by atoms with Gasteiger partial charge >= 0.3 is 5.97 Å². The molecule has 0 radical (unpaired) electrons. The third kappa shape index (κ3) is 4.95. The highest BCUT2D eigenvalue weighted by Crippen LogP contribution is 2.26. The first-order valence-electron chi connectivity index (χ1n) is 8.82. The topological polar surface area (TPSA) is 67.9 Å². The van der Waals surface area contributed by atoms with Gasteiger partial charge in [0.15, 0.2) is 0 Å². The van der Waals surface area contributed by atoms with Gasteiger partial charge in [0.05, 0.1) is 31.4 Å². The third-order valence-electron chi connectivity index (χ3n) is 4.69. The summed E-state index contributed by atoms with van der Waals surface area (Å²) in [6.07, 6.45) is 1.45. The molecule has 1 aromatic carbocycles. The second kappa shape index (κ2) is 8.85. The Labute approximate surface area is 149 Å². The minimum Gasteiger partial charge on any atom is -0.495 e. The second-order valence-corrected chi connectivity index (χ2v) is 6.43. The molecule has 0 spiro atoms. The fourth-order valence-corrected chi connectivity index (χ4v) is 3.11. The molecule has 0 bridgehead atoms. The van der Waals surface area contributed by atoms with E-state index < -0.39 is 0 Å². The summed E-state index contributed by atoms with van der Waals surface area (Å²) >= 11 is 0. The summed E-state index contributed by atoms with van der Waals surface area (Å²) in [5.74, 6) is 0.401. The maximum absolute atomic E-state index is 12.6. The Kier molecular flexibility index (Phi) is 6.82. The number of hydrogen-bond donors (Lipinski definition) is 1. The molecule has 138 valence electrons. The first-order valence-corrected chi connectivity index (χ1v) is 8.82. The average Bonchev–Trinajstić information content (AvgIpc) is 2.61. The first-order chi connectivity index (χ1) is 12.0. The van der Waals surface area contributed by atoms with Gasteiger partial charge in [-0.15, -0.1) is 0 Å². The fraction of sp³-hybridized carbons (Fsp3) is 0.579. The van der Waals surface area contributed by atoms with Crippen molar-refractivity contribution in [2.75, 3.05) is 32.1 Å². The smallest absolute Gasteiger partial charge is 0.309 e. The standard InChI is InChI=1S/C19H28N2O4/c1-5-25-19(23)15-8-10-21(11-9-15)14(3)18(22)20-16-12-13(2)6-7-17(16)24-4/h6-7,12,14-15H,5,8-11H2,1-4H3,(H,20,22)/t14-/m0/s1. The lowest BCUT2D eigenvalue weighted by Gasteiger charge is -2.34. The van der Waals surface area contributed by atoms with Gasteiger partial charge in [0.1, 0.15) is 5.75 Å². The van der Waals surface area contributed by atoms with Crippen LogP contribution in [0.5, 0.6) is 5.75 Å². The van der Waals surface area contributed by atoms with Crippen LogP contribution in [0.15, 0.2) is 18.2 Å². The Morgan fingerprint density at radius 1 is 1.32 bits per heavy atom. The Hall–Kier alpha value is -2.08. The van der Waals surface area contributed by atoms with Crippen LogP contribution in [0.2, 0.25) is 0 Å². The molecule has 0 unspecified atom stereocenters. The van der Waals surface area contributed by atoms with Gasteiger partial charge in [0.25, 0.3) is 0 Å². The van der Waals surface area contributed by atoms with E-state index in [0.717, 1.165) is 18.4 Å². The van der Waals surface area contributed by atoms with Gasteiger partial charge in [-0.05, 0) is 64.4 Å². The van der Waals surface area contributed by atoms with Crippen LogP contribution < -0.4 is 10.1 Å². The van der Waals surface area contributed by atoms with E-state index in [4.69, 9.17) is 9.47 Å². The van der Waals surface area contributed by atoms with E-state index >= 15 is 0 Å². The van der Waals surface area contributed by atoms with Crippen LogP contribution in [0, 0.1) is 12.8 Å². The summed E-state index contributed by atoms with van der Waals surface area (Å²) in [6.45, 7) is 7.52. The number of nitrogens with zero attached hydrogens (tertiary/aromatic N) is 1. The van der Waals surface area contributed by atoms with Gasteiger partial charge in [-0.2, -0.15) is 0 Å². The molecular weight excluding hydrogens is 320 g/mol. The highest BCUT2D eigenvalue weighted by Gasteiger charge is 2.30. The number of ether oxygens (including phenoxy) is 2. The normalized spacial score (nSPS) is 17.0. The molecule has 1 amide bonds. The minimum atomic E-state index is -0.270. The molecule has 1 N–H and O–H groups in total. The molecule has 25 heavy (non-hydrogen) atoms. The monoisotopic (exact) mass is 348 g/mol. The summed E-state index contributed by atoms with van der Waals surface area (Å²) in [7, 11) is 1.59. The SMILES string of the molecule is CCOC(=O)C1CCN([C@@H](C)C(=O)Nc2cc(C)ccc2OC)CC1. The second-order valence-electron chi connectivity index (χ2n) is 6.43. The zero-order valence-electron chi connectivity index (χ0n) is 15.5. The minimum absolute atomic E-state index is 0.0525. The molecule has 1 saturated heterocycles. The van der Waals surface area contributed by atoms with Crippen molar-refractivity contribution < 1.29 is 19.1 Å². The number of benzene rings is 1. The molecule has 1 aromatic rings. The number of esters is 1. The van der Waals surface area contributed by atoms with Gasteiger partial charge in [0.2, 0.25) is 5.91 Å². The van der Waals surface area contributed by atoms with Crippen molar-refractivity contribution in [1.82, 2.24) is 4.90 Å². The summed E-state index contributed by atoms with van der Waals surface area (Å²) in [5.41, 5.74) is 1.74. The van der Waals surface area contributed by atoms with E-state index in [-0.39, 0.29) is 23.8 Å². The van der Waals surface area contributed by atoms with Crippen LogP contribution in [-0.2, 0) is 14.3 Å². The number of methoxy groups -OCH3 is 1. The molecule has 6 heteroatoms. The quantitative estimate of drug-likeness (QED) is 0.801. The maximum Gasteiger partial charge on any atom is 0.309 e. The predicted octanol–water partition coefficient (Wildman–Crippen LogP) is 2.61. The van der Waals surface area contributed by atoms with Crippen LogP contribution >= 0.6 is 0 Å². The summed E-state index contributed by atoms with van der Waals surface area (Å²) in [5, 5.41) is 2.96. The molecule has 1 aliphatic rings. The number of anilines is 1. The van der Waals surface area contributed by atoms with Crippen LogP contribution in [0.25, 0.3) is 0 Å². The van der Waals surface area contributed by atoms with E-state index in [1.54, 1.807) is 7.11 Å². The van der Waals surface area contributed by atoms with Crippen molar-refractivity contribution in [3.63, 3.8) is 0 Å². The summed E-state index contributed by atoms with van der Waals surface area (Å²) in [6, 6.07) is 5.42. The van der Waals surface area contributed by atoms with Gasteiger partial charge in [-0.3, -0.25) is 14.5 Å². The van der Waals surface area contributed by atoms with Gasteiger partial charge in [-0.25, -0.2) is 0 Å². The Morgan fingerprint density at radius 2 is 2.00 bits per heavy atom. The van der Waals surface area contributed by atoms with E-state index in [1.807, 2.05) is 39.0 Å². The number of amides is 1. The molecule has 1 aliphatic heterocycles. The van der Waals surface area contributed by atoms with Gasteiger partial charge < -0.3 is 14.8 Å². The van der Waals surface area contributed by atoms with Crippen molar-refractivity contribution in [2.24, 2.45) is 5.92 Å². The van der Waals surface area contributed by atoms with Crippen molar-refractivity contribution in [3.8, 4) is 5.75 Å². The number of carbonyl (C=O) groups is 2. The number of rotatable bonds is 6. The van der Waals surface area contributed by atoms with Crippen LogP contribution in [-0.4, -0.2) is 49.6 Å². The van der Waals surface area contributed by atoms with E-state index in [1.165, 1.54) is 0 Å². The Morgan fingerprint density at radius 3 is 2.60 bits per heavy atom. The predicted molar refractivity (Wildman–Crippen MR) is 96.8 cm³/mol. The number of piperidine rings is 1. The molecule has 6 nitrogen and oxygen atoms in total. The Bertz CT molecular complexity index is 609. The number of carbonyl (C=O) groups excluding carboxylic acids is 2. The number of likely N-dealkylation sites (tertiary alicyclic amines) is 1. The highest BCUT2D eigenvalue weighted by molar-refractivity contribution is 5.96. The van der Waals surface area contributed by atoms with Crippen molar-refractivity contribution in [1.29, 1.82) is 0 Å².